The molecule has 0 aliphatic rings. The van der Waals surface area contributed by atoms with Crippen LogP contribution in [-0.2, 0) is 6.54 Å². The van der Waals surface area contributed by atoms with Crippen LogP contribution >= 0.6 is 0 Å². The molecule has 0 spiro atoms. The Balaban J connectivity index is 2.37. The van der Waals surface area contributed by atoms with Crippen molar-refractivity contribution < 1.29 is 0 Å². The van der Waals surface area contributed by atoms with Crippen molar-refractivity contribution in [3.05, 3.63) is 54.4 Å². The quantitative estimate of drug-likeness (QED) is 0.564. The zero-order valence-corrected chi connectivity index (χ0v) is 7.85. The van der Waals surface area contributed by atoms with Gasteiger partial charge in [-0.3, -0.25) is 11.3 Å². The summed E-state index contributed by atoms with van der Waals surface area (Å²) < 4.78 is 2.11. The van der Waals surface area contributed by atoms with Gasteiger partial charge in [-0.1, -0.05) is 18.2 Å². The number of nitrogens with one attached hydrogen (secondary N) is 1. The number of hydrogen-bond donors (Lipinski definition) is 2. The molecule has 72 valence electrons. The minimum atomic E-state index is 0.669. The largest absolute Gasteiger partial charge is 0.320 e. The summed E-state index contributed by atoms with van der Waals surface area (Å²) in [6.45, 7) is 0.669. The number of hydrazine groups is 1. The molecule has 3 N–H and O–H groups in total. The van der Waals surface area contributed by atoms with Gasteiger partial charge in [-0.05, 0) is 24.3 Å². The number of benzene rings is 1. The van der Waals surface area contributed by atoms with E-state index in [2.05, 4.69) is 22.1 Å². The maximum Gasteiger partial charge on any atom is 0.0505 e. The van der Waals surface area contributed by atoms with Crippen LogP contribution < -0.4 is 11.3 Å². The topological polar surface area (TPSA) is 43.0 Å². The number of nitrogens with two attached hydrogens (primary N) is 1. The van der Waals surface area contributed by atoms with Gasteiger partial charge < -0.3 is 4.57 Å². The molecule has 0 radical (unpaired) electrons. The first-order valence-corrected chi connectivity index (χ1v) is 4.57. The number of aromatic nitrogens is 1. The monoisotopic (exact) mass is 187 g/mol. The van der Waals surface area contributed by atoms with E-state index in [1.54, 1.807) is 0 Å². The second-order valence-corrected chi connectivity index (χ2v) is 3.09. The van der Waals surface area contributed by atoms with E-state index in [1.807, 2.05) is 36.5 Å². The Morgan fingerprint density at radius 1 is 1.07 bits per heavy atom. The third-order valence-electron chi connectivity index (χ3n) is 2.15. The lowest BCUT2D eigenvalue weighted by Gasteiger charge is -2.08. The van der Waals surface area contributed by atoms with Crippen LogP contribution in [-0.4, -0.2) is 4.57 Å². The normalized spacial score (nSPS) is 10.4. The third-order valence-corrected chi connectivity index (χ3v) is 2.15. The van der Waals surface area contributed by atoms with Crippen molar-refractivity contribution in [2.45, 2.75) is 6.54 Å². The average Bonchev–Trinajstić information content (AvgIpc) is 2.68. The second-order valence-electron chi connectivity index (χ2n) is 3.09. The van der Waals surface area contributed by atoms with Gasteiger partial charge in [0.15, 0.2) is 0 Å². The molecule has 0 fully saturated rings. The van der Waals surface area contributed by atoms with Crippen molar-refractivity contribution in [1.29, 1.82) is 0 Å². The fourth-order valence-electron chi connectivity index (χ4n) is 1.51. The Bertz CT molecular complexity index is 392. The minimum absolute atomic E-state index is 0.669. The molecule has 0 atom stereocenters. The highest BCUT2D eigenvalue weighted by Gasteiger charge is 2.00. The summed E-state index contributed by atoms with van der Waals surface area (Å²) in [4.78, 5) is 0. The van der Waals surface area contributed by atoms with E-state index in [4.69, 9.17) is 5.84 Å². The SMILES string of the molecule is NNCc1cccn1-c1ccccc1. The molecule has 1 aromatic carbocycles. The molecule has 2 aromatic rings. The predicted molar refractivity (Wildman–Crippen MR) is 56.8 cm³/mol. The average molecular weight is 187 g/mol. The van der Waals surface area contributed by atoms with E-state index in [0.717, 1.165) is 11.4 Å². The lowest BCUT2D eigenvalue weighted by Crippen LogP contribution is -2.22. The van der Waals surface area contributed by atoms with Crippen LogP contribution in [0.1, 0.15) is 5.69 Å². The van der Waals surface area contributed by atoms with Gasteiger partial charge in [-0.15, -0.1) is 0 Å². The van der Waals surface area contributed by atoms with Crippen LogP contribution in [0, 0.1) is 0 Å². The van der Waals surface area contributed by atoms with Crippen molar-refractivity contribution in [3.63, 3.8) is 0 Å². The molecule has 0 bridgehead atoms. The van der Waals surface area contributed by atoms with E-state index in [1.165, 1.54) is 0 Å². The van der Waals surface area contributed by atoms with E-state index in [9.17, 15) is 0 Å². The third kappa shape index (κ3) is 1.69. The Kier molecular flexibility index (Phi) is 2.62. The second kappa shape index (κ2) is 4.09. The van der Waals surface area contributed by atoms with Gasteiger partial charge in [0.1, 0.15) is 0 Å². The van der Waals surface area contributed by atoms with E-state index >= 15 is 0 Å². The summed E-state index contributed by atoms with van der Waals surface area (Å²) in [5, 5.41) is 0. The first kappa shape index (κ1) is 8.99. The fraction of sp³-hybridized carbons (Fsp3) is 0.0909. The van der Waals surface area contributed by atoms with Gasteiger partial charge in [0, 0.05) is 17.6 Å². The molecule has 0 aliphatic carbocycles. The molecule has 3 heteroatoms. The molecule has 1 heterocycles. The van der Waals surface area contributed by atoms with E-state index in [0.29, 0.717) is 6.54 Å². The minimum Gasteiger partial charge on any atom is -0.320 e. The van der Waals surface area contributed by atoms with Gasteiger partial charge in [0.05, 0.1) is 6.54 Å². The van der Waals surface area contributed by atoms with Crippen LogP contribution in [0.25, 0.3) is 5.69 Å². The molecule has 2 rings (SSSR count). The van der Waals surface area contributed by atoms with Gasteiger partial charge >= 0.3 is 0 Å². The smallest absolute Gasteiger partial charge is 0.0505 e. The summed E-state index contributed by atoms with van der Waals surface area (Å²) in [6.07, 6.45) is 2.03. The highest BCUT2D eigenvalue weighted by atomic mass is 15.2. The zero-order valence-electron chi connectivity index (χ0n) is 7.85. The summed E-state index contributed by atoms with van der Waals surface area (Å²) >= 11 is 0. The maximum absolute atomic E-state index is 5.30. The van der Waals surface area contributed by atoms with E-state index < -0.39 is 0 Å². The molecule has 0 unspecified atom stereocenters. The van der Waals surface area contributed by atoms with Crippen LogP contribution in [0.3, 0.4) is 0 Å². The Labute approximate surface area is 83.1 Å². The lowest BCUT2D eigenvalue weighted by molar-refractivity contribution is 0.709. The van der Waals surface area contributed by atoms with Gasteiger partial charge in [-0.2, -0.15) is 0 Å². The number of nitrogens with zero attached hydrogens (tertiary/aromatic N) is 1. The van der Waals surface area contributed by atoms with Gasteiger partial charge in [0.2, 0.25) is 0 Å². The molecule has 0 amide bonds. The Hall–Kier alpha value is -1.58. The molecule has 1 aromatic heterocycles. The standard InChI is InChI=1S/C11H13N3/c12-13-9-11-7-4-8-14(11)10-5-2-1-3-6-10/h1-8,13H,9,12H2. The predicted octanol–water partition coefficient (Wildman–Crippen LogP) is 1.44. The Morgan fingerprint density at radius 2 is 1.86 bits per heavy atom. The van der Waals surface area contributed by atoms with Gasteiger partial charge in [-0.25, -0.2) is 0 Å². The molecule has 3 nitrogen and oxygen atoms in total. The molecular weight excluding hydrogens is 174 g/mol. The maximum atomic E-state index is 5.30. The van der Waals surface area contributed by atoms with Crippen LogP contribution in [0.5, 0.6) is 0 Å². The van der Waals surface area contributed by atoms with Crippen molar-refractivity contribution in [1.82, 2.24) is 9.99 Å². The molecular formula is C11H13N3. The molecule has 0 saturated carbocycles. The van der Waals surface area contributed by atoms with Crippen molar-refractivity contribution in [3.8, 4) is 5.69 Å². The van der Waals surface area contributed by atoms with E-state index in [-0.39, 0.29) is 0 Å². The zero-order chi connectivity index (χ0) is 9.80. The first-order valence-electron chi connectivity index (χ1n) is 4.57. The molecule has 0 saturated heterocycles. The van der Waals surface area contributed by atoms with Crippen molar-refractivity contribution in [2.24, 2.45) is 5.84 Å². The highest BCUT2D eigenvalue weighted by molar-refractivity contribution is 5.34. The summed E-state index contributed by atoms with van der Waals surface area (Å²) in [5.41, 5.74) is 4.97. The lowest BCUT2D eigenvalue weighted by atomic mass is 10.3. The molecule has 0 aliphatic heterocycles. The highest BCUT2D eigenvalue weighted by Crippen LogP contribution is 2.11. The first-order chi connectivity index (χ1) is 6.92. The van der Waals surface area contributed by atoms with Crippen LogP contribution in [0.4, 0.5) is 0 Å². The van der Waals surface area contributed by atoms with Crippen LogP contribution in [0.15, 0.2) is 48.7 Å². The summed E-state index contributed by atoms with van der Waals surface area (Å²) in [6, 6.07) is 14.3. The van der Waals surface area contributed by atoms with Crippen molar-refractivity contribution >= 4 is 0 Å². The summed E-state index contributed by atoms with van der Waals surface area (Å²) in [7, 11) is 0. The number of rotatable bonds is 3. The number of para-hydroxylation sites is 1. The number of hydrogen-bond acceptors (Lipinski definition) is 2. The van der Waals surface area contributed by atoms with Crippen LogP contribution in [0.2, 0.25) is 0 Å². The van der Waals surface area contributed by atoms with Crippen molar-refractivity contribution in [2.75, 3.05) is 0 Å². The fourth-order valence-corrected chi connectivity index (χ4v) is 1.51. The summed E-state index contributed by atoms with van der Waals surface area (Å²) in [5.74, 6) is 5.30. The Morgan fingerprint density at radius 3 is 2.57 bits per heavy atom. The van der Waals surface area contributed by atoms with Gasteiger partial charge in [0.25, 0.3) is 0 Å². The molecule has 14 heavy (non-hydrogen) atoms.